The molecule has 0 aliphatic heterocycles. The third-order valence-electron chi connectivity index (χ3n) is 3.64. The third-order valence-corrected chi connectivity index (χ3v) is 3.64. The van der Waals surface area contributed by atoms with Crippen molar-refractivity contribution < 1.29 is 4.74 Å². The number of hydrogen-bond acceptors (Lipinski definition) is 2. The molecule has 0 unspecified atom stereocenters. The van der Waals surface area contributed by atoms with E-state index in [1.807, 2.05) is 42.7 Å². The highest BCUT2D eigenvalue weighted by molar-refractivity contribution is 5.63. The van der Waals surface area contributed by atoms with Gasteiger partial charge in [-0.25, -0.2) is 0 Å². The van der Waals surface area contributed by atoms with Gasteiger partial charge in [-0.05, 0) is 35.7 Å². The monoisotopic (exact) mass is 289 g/mol. The van der Waals surface area contributed by atoms with E-state index in [9.17, 15) is 0 Å². The molecule has 0 spiro atoms. The first-order valence-corrected chi connectivity index (χ1v) is 7.56. The molecule has 3 aromatic rings. The normalized spacial score (nSPS) is 10.4. The van der Waals surface area contributed by atoms with Gasteiger partial charge < -0.3 is 4.74 Å². The summed E-state index contributed by atoms with van der Waals surface area (Å²) in [5.41, 5.74) is 4.73. The van der Waals surface area contributed by atoms with Crippen LogP contribution in [0.15, 0.2) is 73.1 Å². The molecule has 3 rings (SSSR count). The van der Waals surface area contributed by atoms with Gasteiger partial charge >= 0.3 is 0 Å². The van der Waals surface area contributed by atoms with Crippen molar-refractivity contribution in [2.24, 2.45) is 0 Å². The number of benzene rings is 2. The number of hydrogen-bond donors (Lipinski definition) is 0. The molecule has 110 valence electrons. The molecule has 0 bridgehead atoms. The number of aryl methyl sites for hydroxylation is 1. The Morgan fingerprint density at radius 1 is 0.818 bits per heavy atom. The van der Waals surface area contributed by atoms with Crippen molar-refractivity contribution in [3.05, 3.63) is 84.2 Å². The molecule has 0 saturated heterocycles. The van der Waals surface area contributed by atoms with Crippen LogP contribution in [0, 0.1) is 0 Å². The maximum absolute atomic E-state index is 5.78. The minimum absolute atomic E-state index is 0.526. The van der Waals surface area contributed by atoms with Crippen LogP contribution in [-0.2, 0) is 13.0 Å². The quantitative estimate of drug-likeness (QED) is 0.667. The van der Waals surface area contributed by atoms with Gasteiger partial charge in [0.25, 0.3) is 0 Å². The second-order valence-electron chi connectivity index (χ2n) is 5.23. The van der Waals surface area contributed by atoms with E-state index in [0.717, 1.165) is 23.3 Å². The average Bonchev–Trinajstić information content (AvgIpc) is 2.61. The highest BCUT2D eigenvalue weighted by Gasteiger charge is 2.02. The van der Waals surface area contributed by atoms with Gasteiger partial charge in [0.1, 0.15) is 12.4 Å². The van der Waals surface area contributed by atoms with Crippen molar-refractivity contribution in [1.29, 1.82) is 0 Å². The predicted molar refractivity (Wildman–Crippen MR) is 89.8 cm³/mol. The molecule has 0 atom stereocenters. The smallest absolute Gasteiger partial charge is 0.119 e. The first-order valence-electron chi connectivity index (χ1n) is 7.56. The predicted octanol–water partition coefficient (Wildman–Crippen LogP) is 4.89. The second kappa shape index (κ2) is 6.90. The molecule has 0 N–H and O–H groups in total. The average molecular weight is 289 g/mol. The highest BCUT2D eigenvalue weighted by Crippen LogP contribution is 2.21. The summed E-state index contributed by atoms with van der Waals surface area (Å²) < 4.78 is 5.78. The van der Waals surface area contributed by atoms with Gasteiger partial charge in [-0.3, -0.25) is 4.98 Å². The van der Waals surface area contributed by atoms with E-state index in [1.165, 1.54) is 11.1 Å². The zero-order valence-electron chi connectivity index (χ0n) is 12.7. The Hall–Kier alpha value is -2.61. The minimum atomic E-state index is 0.526. The first kappa shape index (κ1) is 14.3. The van der Waals surface area contributed by atoms with E-state index in [1.54, 1.807) is 0 Å². The fourth-order valence-electron chi connectivity index (χ4n) is 2.34. The first-order chi connectivity index (χ1) is 10.8. The van der Waals surface area contributed by atoms with Gasteiger partial charge in [-0.1, -0.05) is 49.4 Å². The van der Waals surface area contributed by atoms with Crippen LogP contribution < -0.4 is 4.74 Å². The van der Waals surface area contributed by atoms with Gasteiger partial charge in [0, 0.05) is 23.5 Å². The van der Waals surface area contributed by atoms with E-state index >= 15 is 0 Å². The van der Waals surface area contributed by atoms with E-state index in [-0.39, 0.29) is 0 Å². The molecular formula is C20H19NO. The van der Waals surface area contributed by atoms with Crippen molar-refractivity contribution in [3.63, 3.8) is 0 Å². The van der Waals surface area contributed by atoms with E-state index in [2.05, 4.69) is 42.2 Å². The van der Waals surface area contributed by atoms with Crippen molar-refractivity contribution >= 4 is 0 Å². The second-order valence-corrected chi connectivity index (χ2v) is 5.23. The van der Waals surface area contributed by atoms with Gasteiger partial charge in [-0.15, -0.1) is 0 Å². The van der Waals surface area contributed by atoms with E-state index < -0.39 is 0 Å². The summed E-state index contributed by atoms with van der Waals surface area (Å²) in [5, 5.41) is 0. The molecule has 1 heterocycles. The van der Waals surface area contributed by atoms with Crippen LogP contribution in [0.4, 0.5) is 0 Å². The molecule has 2 aromatic carbocycles. The SMILES string of the molecule is CCc1ccc(-c2cncc(COc3ccccc3)c2)cc1. The molecule has 0 fully saturated rings. The van der Waals surface area contributed by atoms with Crippen molar-refractivity contribution in [2.75, 3.05) is 0 Å². The number of nitrogens with zero attached hydrogens (tertiary/aromatic N) is 1. The number of pyridine rings is 1. The van der Waals surface area contributed by atoms with Crippen LogP contribution in [-0.4, -0.2) is 4.98 Å². The molecule has 0 radical (unpaired) electrons. The van der Waals surface area contributed by atoms with Gasteiger partial charge in [-0.2, -0.15) is 0 Å². The fourth-order valence-corrected chi connectivity index (χ4v) is 2.34. The van der Waals surface area contributed by atoms with Crippen LogP contribution in [0.3, 0.4) is 0 Å². The lowest BCUT2D eigenvalue weighted by Gasteiger charge is -2.08. The number of aromatic nitrogens is 1. The number of para-hydroxylation sites is 1. The Balaban J connectivity index is 1.74. The van der Waals surface area contributed by atoms with Crippen LogP contribution in [0.1, 0.15) is 18.1 Å². The summed E-state index contributed by atoms with van der Waals surface area (Å²) in [6.07, 6.45) is 4.81. The zero-order valence-corrected chi connectivity index (χ0v) is 12.7. The van der Waals surface area contributed by atoms with Crippen LogP contribution in [0.2, 0.25) is 0 Å². The molecule has 0 aliphatic carbocycles. The lowest BCUT2D eigenvalue weighted by atomic mass is 10.0. The maximum Gasteiger partial charge on any atom is 0.119 e. The molecule has 1 aromatic heterocycles. The standard InChI is InChI=1S/C20H19NO/c1-2-16-8-10-18(11-9-16)19-12-17(13-21-14-19)15-22-20-6-4-3-5-7-20/h3-14H,2,15H2,1H3. The topological polar surface area (TPSA) is 22.1 Å². The summed E-state index contributed by atoms with van der Waals surface area (Å²) >= 11 is 0. The third kappa shape index (κ3) is 3.53. The van der Waals surface area contributed by atoms with E-state index in [0.29, 0.717) is 6.61 Å². The molecule has 0 aliphatic rings. The molecule has 0 amide bonds. The number of ether oxygens (including phenoxy) is 1. The Labute approximate surface area is 131 Å². The van der Waals surface area contributed by atoms with Crippen molar-refractivity contribution in [2.45, 2.75) is 20.0 Å². The van der Waals surface area contributed by atoms with Crippen molar-refractivity contribution in [3.8, 4) is 16.9 Å². The summed E-state index contributed by atoms with van der Waals surface area (Å²) in [6.45, 7) is 2.69. The Kier molecular flexibility index (Phi) is 4.50. The van der Waals surface area contributed by atoms with Crippen LogP contribution in [0.5, 0.6) is 5.75 Å². The summed E-state index contributed by atoms with van der Waals surface area (Å²) in [4.78, 5) is 4.34. The van der Waals surface area contributed by atoms with Crippen LogP contribution >= 0.6 is 0 Å². The molecule has 2 heteroatoms. The lowest BCUT2D eigenvalue weighted by molar-refractivity contribution is 0.306. The largest absolute Gasteiger partial charge is 0.489 e. The van der Waals surface area contributed by atoms with Crippen LogP contribution in [0.25, 0.3) is 11.1 Å². The highest BCUT2D eigenvalue weighted by atomic mass is 16.5. The lowest BCUT2D eigenvalue weighted by Crippen LogP contribution is -1.96. The molecule has 22 heavy (non-hydrogen) atoms. The fraction of sp³-hybridized carbons (Fsp3) is 0.150. The Morgan fingerprint density at radius 2 is 1.59 bits per heavy atom. The Morgan fingerprint density at radius 3 is 2.32 bits per heavy atom. The summed E-state index contributed by atoms with van der Waals surface area (Å²) in [6, 6.07) is 20.6. The molecule has 2 nitrogen and oxygen atoms in total. The minimum Gasteiger partial charge on any atom is -0.489 e. The van der Waals surface area contributed by atoms with Crippen molar-refractivity contribution in [1.82, 2.24) is 4.98 Å². The van der Waals surface area contributed by atoms with Gasteiger partial charge in [0.15, 0.2) is 0 Å². The van der Waals surface area contributed by atoms with E-state index in [4.69, 9.17) is 4.74 Å². The number of rotatable bonds is 5. The molecular weight excluding hydrogens is 270 g/mol. The summed E-state index contributed by atoms with van der Waals surface area (Å²) in [5.74, 6) is 0.875. The summed E-state index contributed by atoms with van der Waals surface area (Å²) in [7, 11) is 0. The van der Waals surface area contributed by atoms with Gasteiger partial charge in [0.2, 0.25) is 0 Å². The molecule has 0 saturated carbocycles. The Bertz CT molecular complexity index is 720. The zero-order chi connectivity index (χ0) is 15.2. The van der Waals surface area contributed by atoms with Gasteiger partial charge in [0.05, 0.1) is 0 Å². The maximum atomic E-state index is 5.78.